The highest BCUT2D eigenvalue weighted by molar-refractivity contribution is 5.99. The van der Waals surface area contributed by atoms with E-state index in [1.165, 1.54) is 0 Å². The van der Waals surface area contributed by atoms with Crippen LogP contribution in [0, 0.1) is 23.7 Å². The van der Waals surface area contributed by atoms with E-state index < -0.39 is 0 Å². The van der Waals surface area contributed by atoms with E-state index in [0.29, 0.717) is 18.3 Å². The zero-order valence-electron chi connectivity index (χ0n) is 10.7. The number of amides is 2. The summed E-state index contributed by atoms with van der Waals surface area (Å²) < 4.78 is 0. The highest BCUT2D eigenvalue weighted by atomic mass is 16.2. The van der Waals surface area contributed by atoms with E-state index >= 15 is 0 Å². The smallest absolute Gasteiger partial charge is 0.230 e. The summed E-state index contributed by atoms with van der Waals surface area (Å²) in [5, 5.41) is 2.47. The number of rotatable bonds is 4. The van der Waals surface area contributed by atoms with Gasteiger partial charge in [-0.15, -0.1) is 0 Å². The van der Waals surface area contributed by atoms with Gasteiger partial charge in [-0.1, -0.05) is 40.5 Å². The van der Waals surface area contributed by atoms with Crippen molar-refractivity contribution < 1.29 is 9.59 Å². The summed E-state index contributed by atoms with van der Waals surface area (Å²) in [5.74, 6) is 0.863. The van der Waals surface area contributed by atoms with Crippen LogP contribution in [0.3, 0.4) is 0 Å². The maximum absolute atomic E-state index is 11.9. The number of nitrogens with one attached hydrogen (secondary N) is 1. The number of piperidine rings is 1. The van der Waals surface area contributed by atoms with E-state index in [2.05, 4.69) is 33.0 Å². The number of hydrogen-bond acceptors (Lipinski definition) is 2. The van der Waals surface area contributed by atoms with Gasteiger partial charge in [0.15, 0.2) is 0 Å². The minimum absolute atomic E-state index is 0.00241. The Morgan fingerprint density at radius 2 is 1.81 bits per heavy atom. The molecule has 16 heavy (non-hydrogen) atoms. The van der Waals surface area contributed by atoms with Gasteiger partial charge in [-0.25, -0.2) is 0 Å². The quantitative estimate of drug-likeness (QED) is 0.746. The molecule has 0 aromatic rings. The van der Waals surface area contributed by atoms with Crippen molar-refractivity contribution in [3.63, 3.8) is 0 Å². The van der Waals surface area contributed by atoms with Gasteiger partial charge in [0.2, 0.25) is 11.8 Å². The van der Waals surface area contributed by atoms with Gasteiger partial charge in [-0.2, -0.15) is 0 Å². The lowest BCUT2D eigenvalue weighted by Gasteiger charge is -2.37. The average molecular weight is 225 g/mol. The Bertz CT molecular complexity index is 269. The molecule has 2 unspecified atom stereocenters. The molecule has 1 saturated heterocycles. The van der Waals surface area contributed by atoms with Gasteiger partial charge >= 0.3 is 0 Å². The molecular weight excluding hydrogens is 202 g/mol. The lowest BCUT2D eigenvalue weighted by molar-refractivity contribution is -0.142. The predicted octanol–water partition coefficient (Wildman–Crippen LogP) is 2.36. The molecule has 1 heterocycles. The summed E-state index contributed by atoms with van der Waals surface area (Å²) in [5.41, 5.74) is 0. The summed E-state index contributed by atoms with van der Waals surface area (Å²) in [6, 6.07) is 0. The fourth-order valence-corrected chi connectivity index (χ4v) is 2.96. The van der Waals surface area contributed by atoms with Crippen molar-refractivity contribution in [3.05, 3.63) is 0 Å². The lowest BCUT2D eigenvalue weighted by Crippen LogP contribution is -2.49. The molecule has 0 bridgehead atoms. The first-order valence-corrected chi connectivity index (χ1v) is 6.34. The number of imide groups is 1. The predicted molar refractivity (Wildman–Crippen MR) is 63.7 cm³/mol. The Kier molecular flexibility index (Phi) is 4.51. The summed E-state index contributed by atoms with van der Waals surface area (Å²) in [7, 11) is 0. The molecule has 1 aliphatic rings. The second-order valence-electron chi connectivity index (χ2n) is 5.13. The third-order valence-electron chi connectivity index (χ3n) is 3.82. The first-order chi connectivity index (χ1) is 7.51. The summed E-state index contributed by atoms with van der Waals surface area (Å²) in [6.45, 7) is 8.41. The Morgan fingerprint density at radius 3 is 2.25 bits per heavy atom. The molecule has 0 radical (unpaired) electrons. The largest absolute Gasteiger partial charge is 0.296 e. The first kappa shape index (κ1) is 13.2. The van der Waals surface area contributed by atoms with Crippen molar-refractivity contribution in [1.82, 2.24) is 5.32 Å². The molecule has 3 heteroatoms. The molecule has 0 aromatic heterocycles. The van der Waals surface area contributed by atoms with Crippen LogP contribution in [-0.2, 0) is 9.59 Å². The van der Waals surface area contributed by atoms with Crippen LogP contribution in [0.2, 0.25) is 0 Å². The molecule has 2 amide bonds. The first-order valence-electron chi connectivity index (χ1n) is 6.34. The van der Waals surface area contributed by atoms with Crippen LogP contribution in [0.5, 0.6) is 0 Å². The number of carbonyl (C=O) groups excluding carboxylic acids is 2. The van der Waals surface area contributed by atoms with Crippen LogP contribution in [0.25, 0.3) is 0 Å². The monoisotopic (exact) mass is 225 g/mol. The molecule has 92 valence electrons. The average Bonchev–Trinajstić information content (AvgIpc) is 2.17. The molecule has 1 aliphatic heterocycles. The van der Waals surface area contributed by atoms with Crippen LogP contribution in [0.1, 0.15) is 47.0 Å². The van der Waals surface area contributed by atoms with E-state index in [1.807, 2.05) is 0 Å². The van der Waals surface area contributed by atoms with Crippen molar-refractivity contribution in [2.24, 2.45) is 23.7 Å². The fourth-order valence-electron chi connectivity index (χ4n) is 2.96. The summed E-state index contributed by atoms with van der Waals surface area (Å²) in [4.78, 5) is 23.3. The van der Waals surface area contributed by atoms with E-state index in [4.69, 9.17) is 0 Å². The Labute approximate surface area is 98.0 Å². The number of carbonyl (C=O) groups is 2. The minimum atomic E-state index is -0.0983. The summed E-state index contributed by atoms with van der Waals surface area (Å²) in [6.07, 6.45) is 2.61. The van der Waals surface area contributed by atoms with E-state index in [0.717, 1.165) is 12.8 Å². The normalized spacial score (nSPS) is 26.4. The minimum Gasteiger partial charge on any atom is -0.296 e. The third-order valence-corrected chi connectivity index (χ3v) is 3.82. The van der Waals surface area contributed by atoms with Gasteiger partial charge in [0.1, 0.15) is 0 Å². The van der Waals surface area contributed by atoms with Crippen LogP contribution in [-0.4, -0.2) is 11.8 Å². The second kappa shape index (κ2) is 5.46. The van der Waals surface area contributed by atoms with Gasteiger partial charge in [-0.05, 0) is 17.8 Å². The van der Waals surface area contributed by atoms with Crippen LogP contribution in [0.15, 0.2) is 0 Å². The zero-order chi connectivity index (χ0) is 12.3. The van der Waals surface area contributed by atoms with E-state index in [1.54, 1.807) is 0 Å². The van der Waals surface area contributed by atoms with Crippen molar-refractivity contribution in [2.45, 2.75) is 47.0 Å². The van der Waals surface area contributed by atoms with Crippen molar-refractivity contribution in [2.75, 3.05) is 0 Å². The molecule has 0 aromatic carbocycles. The van der Waals surface area contributed by atoms with Crippen LogP contribution in [0.4, 0.5) is 0 Å². The molecule has 1 fully saturated rings. The van der Waals surface area contributed by atoms with E-state index in [-0.39, 0.29) is 23.7 Å². The lowest BCUT2D eigenvalue weighted by atomic mass is 9.70. The maximum Gasteiger partial charge on any atom is 0.230 e. The van der Waals surface area contributed by atoms with E-state index in [9.17, 15) is 9.59 Å². The highest BCUT2D eigenvalue weighted by Crippen LogP contribution is 2.36. The van der Waals surface area contributed by atoms with Crippen molar-refractivity contribution in [1.29, 1.82) is 0 Å². The second-order valence-corrected chi connectivity index (χ2v) is 5.13. The van der Waals surface area contributed by atoms with Crippen molar-refractivity contribution >= 4 is 11.8 Å². The van der Waals surface area contributed by atoms with Crippen molar-refractivity contribution in [3.8, 4) is 0 Å². The molecule has 0 spiro atoms. The molecular formula is C13H23NO2. The summed E-state index contributed by atoms with van der Waals surface area (Å²) >= 11 is 0. The third kappa shape index (κ3) is 2.63. The van der Waals surface area contributed by atoms with Gasteiger partial charge in [0.25, 0.3) is 0 Å². The molecule has 0 aliphatic carbocycles. The van der Waals surface area contributed by atoms with Crippen LogP contribution >= 0.6 is 0 Å². The molecule has 1 N–H and O–H groups in total. The zero-order valence-corrected chi connectivity index (χ0v) is 10.7. The SMILES string of the molecule is CCC(CC)C1CC(=O)NC(=O)C1C(C)C. The highest BCUT2D eigenvalue weighted by Gasteiger charge is 2.40. The standard InChI is InChI=1S/C13H23NO2/c1-5-9(6-2)10-7-11(15)14-13(16)12(10)8(3)4/h8-10,12H,5-7H2,1-4H3,(H,14,15,16). The maximum atomic E-state index is 11.9. The Balaban J connectivity index is 2.90. The topological polar surface area (TPSA) is 46.2 Å². The molecule has 1 rings (SSSR count). The molecule has 0 saturated carbocycles. The van der Waals surface area contributed by atoms with Crippen LogP contribution < -0.4 is 5.32 Å². The Morgan fingerprint density at radius 1 is 1.25 bits per heavy atom. The number of hydrogen-bond donors (Lipinski definition) is 1. The van der Waals surface area contributed by atoms with Gasteiger partial charge in [-0.3, -0.25) is 14.9 Å². The van der Waals surface area contributed by atoms with Gasteiger partial charge < -0.3 is 0 Å². The molecule has 3 nitrogen and oxygen atoms in total. The van der Waals surface area contributed by atoms with Gasteiger partial charge in [0, 0.05) is 12.3 Å². The fraction of sp³-hybridized carbons (Fsp3) is 0.846. The Hall–Kier alpha value is -0.860. The molecule has 2 atom stereocenters. The van der Waals surface area contributed by atoms with Gasteiger partial charge in [0.05, 0.1) is 0 Å².